The Hall–Kier alpha value is 0.0300. The van der Waals surface area contributed by atoms with Gasteiger partial charge in [0.25, 0.3) is 0 Å². The van der Waals surface area contributed by atoms with Crippen molar-refractivity contribution in [1.29, 1.82) is 0 Å². The number of aromatic nitrogens is 1. The summed E-state index contributed by atoms with van der Waals surface area (Å²) >= 11 is 4.90. The van der Waals surface area contributed by atoms with Crippen molar-refractivity contribution in [2.75, 3.05) is 6.61 Å². The van der Waals surface area contributed by atoms with Gasteiger partial charge in [0, 0.05) is 12.8 Å². The first-order chi connectivity index (χ1) is 7.49. The Morgan fingerprint density at radius 1 is 1.69 bits per heavy atom. The third kappa shape index (κ3) is 2.18. The SMILES string of the molecule is CCC1(C)CC(O)(c2scnc2Br)CCO1. The summed E-state index contributed by atoms with van der Waals surface area (Å²) in [4.78, 5) is 5.07. The van der Waals surface area contributed by atoms with Crippen molar-refractivity contribution in [2.24, 2.45) is 0 Å². The van der Waals surface area contributed by atoms with Gasteiger partial charge in [0.15, 0.2) is 0 Å². The molecule has 2 rings (SSSR count). The van der Waals surface area contributed by atoms with Crippen molar-refractivity contribution < 1.29 is 9.84 Å². The van der Waals surface area contributed by atoms with Gasteiger partial charge in [-0.05, 0) is 29.3 Å². The summed E-state index contributed by atoms with van der Waals surface area (Å²) in [5.74, 6) is 0. The van der Waals surface area contributed by atoms with E-state index in [2.05, 4.69) is 34.8 Å². The van der Waals surface area contributed by atoms with E-state index in [-0.39, 0.29) is 5.60 Å². The van der Waals surface area contributed by atoms with Gasteiger partial charge < -0.3 is 9.84 Å². The molecule has 90 valence electrons. The molecule has 2 unspecified atom stereocenters. The normalized spacial score (nSPS) is 35.2. The lowest BCUT2D eigenvalue weighted by Crippen LogP contribution is -2.45. The predicted molar refractivity (Wildman–Crippen MR) is 67.6 cm³/mol. The van der Waals surface area contributed by atoms with Crippen LogP contribution in [0.25, 0.3) is 0 Å². The first kappa shape index (κ1) is 12.5. The van der Waals surface area contributed by atoms with Crippen molar-refractivity contribution in [2.45, 2.75) is 44.3 Å². The molecule has 5 heteroatoms. The summed E-state index contributed by atoms with van der Waals surface area (Å²) < 4.78 is 6.52. The van der Waals surface area contributed by atoms with Gasteiger partial charge in [0.2, 0.25) is 0 Å². The molecule has 0 radical (unpaired) electrons. The van der Waals surface area contributed by atoms with Gasteiger partial charge in [0.05, 0.1) is 22.6 Å². The molecule has 0 bridgehead atoms. The summed E-state index contributed by atoms with van der Waals surface area (Å²) in [5.41, 5.74) is 0.746. The third-order valence-corrected chi connectivity index (χ3v) is 5.21. The summed E-state index contributed by atoms with van der Waals surface area (Å²) in [7, 11) is 0. The number of nitrogens with zero attached hydrogens (tertiary/aromatic N) is 1. The van der Waals surface area contributed by atoms with E-state index in [0.717, 1.165) is 15.9 Å². The summed E-state index contributed by atoms with van der Waals surface area (Å²) in [5, 5.41) is 10.7. The molecule has 1 fully saturated rings. The fourth-order valence-corrected chi connectivity index (χ4v) is 3.87. The topological polar surface area (TPSA) is 42.4 Å². The van der Waals surface area contributed by atoms with Crippen molar-refractivity contribution >= 4 is 27.3 Å². The molecule has 0 spiro atoms. The van der Waals surface area contributed by atoms with Crippen LogP contribution in [-0.2, 0) is 10.3 Å². The minimum atomic E-state index is -0.789. The van der Waals surface area contributed by atoms with Gasteiger partial charge >= 0.3 is 0 Å². The number of aliphatic hydroxyl groups is 1. The number of ether oxygens (including phenoxy) is 1. The monoisotopic (exact) mass is 305 g/mol. The van der Waals surface area contributed by atoms with Crippen LogP contribution in [0.3, 0.4) is 0 Å². The zero-order valence-electron chi connectivity index (χ0n) is 9.49. The lowest BCUT2D eigenvalue weighted by Gasteiger charge is -2.42. The lowest BCUT2D eigenvalue weighted by molar-refractivity contribution is -0.156. The summed E-state index contributed by atoms with van der Waals surface area (Å²) in [6.45, 7) is 4.75. The van der Waals surface area contributed by atoms with Crippen molar-refractivity contribution in [3.05, 3.63) is 15.0 Å². The van der Waals surface area contributed by atoms with Crippen LogP contribution < -0.4 is 0 Å². The van der Waals surface area contributed by atoms with Crippen molar-refractivity contribution in [3.63, 3.8) is 0 Å². The largest absolute Gasteiger partial charge is 0.384 e. The highest BCUT2D eigenvalue weighted by atomic mass is 79.9. The standard InChI is InChI=1S/C11H16BrNO2S/c1-3-10(2)6-11(14,4-5-15-10)8-9(12)13-7-16-8/h7,14H,3-6H2,1-2H3. The summed E-state index contributed by atoms with van der Waals surface area (Å²) in [6.07, 6.45) is 2.19. The van der Waals surface area contributed by atoms with E-state index in [1.54, 1.807) is 5.51 Å². The van der Waals surface area contributed by atoms with Crippen LogP contribution in [0, 0.1) is 0 Å². The van der Waals surface area contributed by atoms with E-state index in [9.17, 15) is 5.11 Å². The maximum atomic E-state index is 10.7. The molecule has 3 nitrogen and oxygen atoms in total. The Labute approximate surface area is 108 Å². The van der Waals surface area contributed by atoms with E-state index >= 15 is 0 Å². The molecule has 1 aliphatic rings. The molecule has 0 aliphatic carbocycles. The molecule has 2 atom stereocenters. The Bertz CT molecular complexity index is 384. The maximum Gasteiger partial charge on any atom is 0.123 e. The highest BCUT2D eigenvalue weighted by Gasteiger charge is 2.44. The molecule has 0 amide bonds. The first-order valence-corrected chi connectivity index (χ1v) is 7.12. The highest BCUT2D eigenvalue weighted by molar-refractivity contribution is 9.10. The summed E-state index contributed by atoms with van der Waals surface area (Å²) in [6, 6.07) is 0. The third-order valence-electron chi connectivity index (χ3n) is 3.33. The van der Waals surface area contributed by atoms with Crippen LogP contribution in [-0.4, -0.2) is 22.3 Å². The second kappa shape index (κ2) is 4.37. The lowest BCUT2D eigenvalue weighted by atomic mass is 9.81. The van der Waals surface area contributed by atoms with E-state index in [1.165, 1.54) is 11.3 Å². The smallest absolute Gasteiger partial charge is 0.123 e. The van der Waals surface area contributed by atoms with Gasteiger partial charge in [-0.15, -0.1) is 11.3 Å². The average Bonchev–Trinajstić information content (AvgIpc) is 2.65. The van der Waals surface area contributed by atoms with E-state index in [0.29, 0.717) is 19.4 Å². The van der Waals surface area contributed by atoms with Crippen LogP contribution in [0.15, 0.2) is 10.1 Å². The van der Waals surface area contributed by atoms with Crippen LogP contribution >= 0.6 is 27.3 Å². The van der Waals surface area contributed by atoms with E-state index in [1.807, 2.05) is 0 Å². The second-order valence-electron chi connectivity index (χ2n) is 4.58. The maximum absolute atomic E-state index is 10.7. The zero-order chi connectivity index (χ0) is 11.8. The Balaban J connectivity index is 2.29. The van der Waals surface area contributed by atoms with Gasteiger partial charge in [-0.25, -0.2) is 4.98 Å². The molecule has 1 aromatic rings. The first-order valence-electron chi connectivity index (χ1n) is 5.45. The minimum absolute atomic E-state index is 0.226. The Morgan fingerprint density at radius 3 is 3.00 bits per heavy atom. The molecule has 1 aromatic heterocycles. The molecular weight excluding hydrogens is 290 g/mol. The van der Waals surface area contributed by atoms with Gasteiger partial charge in [-0.2, -0.15) is 0 Å². The van der Waals surface area contributed by atoms with E-state index in [4.69, 9.17) is 4.74 Å². The van der Waals surface area contributed by atoms with Crippen LogP contribution in [0.5, 0.6) is 0 Å². The molecule has 0 aromatic carbocycles. The number of hydrogen-bond donors (Lipinski definition) is 1. The molecule has 1 N–H and O–H groups in total. The number of thiazole rings is 1. The minimum Gasteiger partial charge on any atom is -0.384 e. The van der Waals surface area contributed by atoms with Crippen LogP contribution in [0.1, 0.15) is 38.0 Å². The number of rotatable bonds is 2. The number of hydrogen-bond acceptors (Lipinski definition) is 4. The highest BCUT2D eigenvalue weighted by Crippen LogP contribution is 2.44. The predicted octanol–water partition coefficient (Wildman–Crippen LogP) is 3.07. The molecule has 16 heavy (non-hydrogen) atoms. The molecule has 0 saturated carbocycles. The molecule has 1 aliphatic heterocycles. The fourth-order valence-electron chi connectivity index (χ4n) is 2.18. The van der Waals surface area contributed by atoms with Crippen LogP contribution in [0.2, 0.25) is 0 Å². The van der Waals surface area contributed by atoms with Gasteiger partial charge in [-0.1, -0.05) is 6.92 Å². The fraction of sp³-hybridized carbons (Fsp3) is 0.727. The van der Waals surface area contributed by atoms with Crippen molar-refractivity contribution in [3.8, 4) is 0 Å². The Kier molecular flexibility index (Phi) is 3.41. The molecular formula is C11H16BrNO2S. The zero-order valence-corrected chi connectivity index (χ0v) is 11.9. The number of halogens is 1. The quantitative estimate of drug-likeness (QED) is 0.913. The molecule has 1 saturated heterocycles. The van der Waals surface area contributed by atoms with Crippen LogP contribution in [0.4, 0.5) is 0 Å². The average molecular weight is 306 g/mol. The van der Waals surface area contributed by atoms with Gasteiger partial charge in [0.1, 0.15) is 10.2 Å². The molecule has 2 heterocycles. The van der Waals surface area contributed by atoms with Crippen molar-refractivity contribution in [1.82, 2.24) is 4.98 Å². The van der Waals surface area contributed by atoms with Gasteiger partial charge in [-0.3, -0.25) is 0 Å². The second-order valence-corrected chi connectivity index (χ2v) is 6.19. The Morgan fingerprint density at radius 2 is 2.44 bits per heavy atom. The van der Waals surface area contributed by atoms with E-state index < -0.39 is 5.60 Å².